The van der Waals surface area contributed by atoms with E-state index in [9.17, 15) is 35.9 Å². The average molecular weight is 493 g/mol. The molecule has 1 aromatic carbocycles. The van der Waals surface area contributed by atoms with Crippen molar-refractivity contribution < 1.29 is 40.7 Å². The Labute approximate surface area is 192 Å². The van der Waals surface area contributed by atoms with Crippen molar-refractivity contribution in [1.82, 2.24) is 10.2 Å². The quantitative estimate of drug-likeness (QED) is 0.367. The lowest BCUT2D eigenvalue weighted by molar-refractivity contribution is -0.383. The summed E-state index contributed by atoms with van der Waals surface area (Å²) in [6, 6.07) is 2.61. The molecule has 0 fully saturated rings. The Morgan fingerprint density at radius 3 is 2.12 bits per heavy atom. The van der Waals surface area contributed by atoms with Gasteiger partial charge in [0.1, 0.15) is 5.69 Å². The summed E-state index contributed by atoms with van der Waals surface area (Å²) in [7, 11) is 0.349. The van der Waals surface area contributed by atoms with Crippen LogP contribution in [0.1, 0.15) is 59.7 Å². The van der Waals surface area contributed by atoms with Crippen molar-refractivity contribution >= 4 is 17.4 Å². The lowest BCUT2D eigenvalue weighted by Gasteiger charge is -2.37. The van der Waals surface area contributed by atoms with Crippen LogP contribution in [0.15, 0.2) is 24.4 Å². The molecule has 34 heavy (non-hydrogen) atoms. The summed E-state index contributed by atoms with van der Waals surface area (Å²) in [5.41, 5.74) is -6.24. The fraction of sp³-hybridized carbons (Fsp3) is 0.500. The van der Waals surface area contributed by atoms with Gasteiger partial charge in [-0.25, -0.2) is 0 Å². The van der Waals surface area contributed by atoms with Crippen LogP contribution < -0.4 is 5.32 Å². The Bertz CT molecular complexity index is 1030. The van der Waals surface area contributed by atoms with Gasteiger partial charge in [0.05, 0.1) is 5.56 Å². The van der Waals surface area contributed by atoms with Crippen LogP contribution in [0.2, 0.25) is 0 Å². The zero-order valence-electron chi connectivity index (χ0n) is 19.1. The lowest BCUT2D eigenvalue weighted by atomic mass is 9.84. The third-order valence-electron chi connectivity index (χ3n) is 5.12. The predicted octanol–water partition coefficient (Wildman–Crippen LogP) is 5.67. The zero-order valence-corrected chi connectivity index (χ0v) is 19.1. The molecule has 0 spiro atoms. The molecular weight excluding hydrogens is 468 g/mol. The number of hydrogen-bond acceptors (Lipinski definition) is 4. The molecule has 0 saturated carbocycles. The van der Waals surface area contributed by atoms with E-state index in [4.69, 9.17) is 0 Å². The van der Waals surface area contributed by atoms with Crippen LogP contribution in [0.5, 0.6) is 0 Å². The maximum Gasteiger partial charge on any atom is 0.430 e. The van der Waals surface area contributed by atoms with Gasteiger partial charge in [0.2, 0.25) is 0 Å². The van der Waals surface area contributed by atoms with E-state index in [1.165, 1.54) is 6.20 Å². The van der Waals surface area contributed by atoms with Crippen LogP contribution in [0.3, 0.4) is 0 Å². The number of rotatable bonds is 8. The number of ketones is 1. The number of nitrogens with one attached hydrogen (secondary N) is 2. The Balaban J connectivity index is 2.57. The molecule has 0 aliphatic rings. The summed E-state index contributed by atoms with van der Waals surface area (Å²) in [5.74, 6) is -1.99. The highest BCUT2D eigenvalue weighted by Gasteiger charge is 2.73. The number of halogens is 6. The maximum absolute atomic E-state index is 13.8. The van der Waals surface area contributed by atoms with Gasteiger partial charge in [0, 0.05) is 30.5 Å². The predicted molar refractivity (Wildman–Crippen MR) is 111 cm³/mol. The standard InChI is InChI=1S/C22H25F6N3O3/c1-11(2)8-13-9-14(30-19(33)15-10-29-31-17(15)18(32)12(3)4)6-7-16(13)20(34-5,21(23,24)25)22(26,27)28/h6-7,9-12H,8H2,1-5H3,(H,29,31)(H,30,33). The lowest BCUT2D eigenvalue weighted by Crippen LogP contribution is -2.55. The Morgan fingerprint density at radius 2 is 1.65 bits per heavy atom. The molecule has 1 aromatic heterocycles. The normalized spacial score (nSPS) is 13.0. The van der Waals surface area contributed by atoms with Crippen LogP contribution in [0.4, 0.5) is 32.0 Å². The Hall–Kier alpha value is -2.89. The molecular formula is C22H25F6N3O3. The fourth-order valence-corrected chi connectivity index (χ4v) is 3.55. The highest BCUT2D eigenvalue weighted by atomic mass is 19.4. The van der Waals surface area contributed by atoms with Gasteiger partial charge < -0.3 is 10.1 Å². The number of hydrogen-bond donors (Lipinski definition) is 2. The van der Waals surface area contributed by atoms with Gasteiger partial charge in [-0.15, -0.1) is 0 Å². The fourth-order valence-electron chi connectivity index (χ4n) is 3.55. The van der Waals surface area contributed by atoms with E-state index < -0.39 is 41.1 Å². The largest absolute Gasteiger partial charge is 0.430 e. The van der Waals surface area contributed by atoms with Crippen molar-refractivity contribution in [1.29, 1.82) is 0 Å². The van der Waals surface area contributed by atoms with Crippen molar-refractivity contribution in [3.63, 3.8) is 0 Å². The first-order valence-corrected chi connectivity index (χ1v) is 10.3. The van der Waals surface area contributed by atoms with Crippen molar-refractivity contribution in [2.75, 3.05) is 12.4 Å². The van der Waals surface area contributed by atoms with Crippen molar-refractivity contribution in [3.05, 3.63) is 46.8 Å². The highest BCUT2D eigenvalue weighted by Crippen LogP contribution is 2.53. The Morgan fingerprint density at radius 1 is 1.06 bits per heavy atom. The van der Waals surface area contributed by atoms with Gasteiger partial charge in [-0.2, -0.15) is 31.4 Å². The van der Waals surface area contributed by atoms with E-state index in [0.29, 0.717) is 13.2 Å². The van der Waals surface area contributed by atoms with E-state index in [1.807, 2.05) is 0 Å². The molecule has 2 aromatic rings. The summed E-state index contributed by atoms with van der Waals surface area (Å²) in [5, 5.41) is 8.59. The molecule has 0 saturated heterocycles. The number of ether oxygens (including phenoxy) is 1. The third kappa shape index (κ3) is 5.11. The van der Waals surface area contributed by atoms with Crippen molar-refractivity contribution in [3.8, 4) is 0 Å². The minimum atomic E-state index is -5.81. The number of carbonyl (C=O) groups is 2. The number of aromatic amines is 1. The number of carbonyl (C=O) groups excluding carboxylic acids is 2. The summed E-state index contributed by atoms with van der Waals surface area (Å²) >= 11 is 0. The minimum absolute atomic E-state index is 0.0529. The molecule has 0 aliphatic heterocycles. The SMILES string of the molecule is COC(c1ccc(NC(=O)c2c[nH]nc2C(=O)C(C)C)cc1CC(C)C)(C(F)(F)F)C(F)(F)F. The van der Waals surface area contributed by atoms with Gasteiger partial charge in [-0.05, 0) is 30.0 Å². The van der Waals surface area contributed by atoms with Crippen LogP contribution >= 0.6 is 0 Å². The number of nitrogens with zero attached hydrogens (tertiary/aromatic N) is 1. The smallest absolute Gasteiger partial charge is 0.357 e. The van der Waals surface area contributed by atoms with Crippen molar-refractivity contribution in [2.45, 2.75) is 52.1 Å². The molecule has 6 nitrogen and oxygen atoms in total. The molecule has 1 amide bonds. The summed E-state index contributed by atoms with van der Waals surface area (Å²) in [6.07, 6.45) is -10.6. The van der Waals surface area contributed by atoms with Crippen LogP contribution in [-0.4, -0.2) is 41.4 Å². The van der Waals surface area contributed by atoms with E-state index in [1.54, 1.807) is 27.7 Å². The molecule has 1 heterocycles. The number of H-pyrrole nitrogens is 1. The first kappa shape index (κ1) is 27.4. The number of anilines is 1. The molecule has 12 heteroatoms. The first-order chi connectivity index (χ1) is 15.6. The number of benzene rings is 1. The molecule has 0 aliphatic carbocycles. The topological polar surface area (TPSA) is 84.1 Å². The summed E-state index contributed by atoms with van der Waals surface area (Å²) in [4.78, 5) is 25.0. The highest BCUT2D eigenvalue weighted by molar-refractivity contribution is 6.12. The number of Topliss-reactive ketones (excluding diaryl/α,β-unsaturated/α-hetero) is 1. The maximum atomic E-state index is 13.8. The number of aromatic nitrogens is 2. The molecule has 0 bridgehead atoms. The number of methoxy groups -OCH3 is 1. The van der Waals surface area contributed by atoms with Gasteiger partial charge in [-0.1, -0.05) is 33.8 Å². The van der Waals surface area contributed by atoms with E-state index in [0.717, 1.165) is 12.1 Å². The molecule has 0 unspecified atom stereocenters. The summed E-state index contributed by atoms with van der Waals surface area (Å²) < 4.78 is 86.9. The zero-order chi connectivity index (χ0) is 26.1. The Kier molecular flexibility index (Phi) is 7.86. The second-order valence-electron chi connectivity index (χ2n) is 8.47. The van der Waals surface area contributed by atoms with Crippen LogP contribution in [0, 0.1) is 11.8 Å². The molecule has 2 N–H and O–H groups in total. The molecule has 0 atom stereocenters. The minimum Gasteiger partial charge on any atom is -0.357 e. The number of alkyl halides is 6. The summed E-state index contributed by atoms with van der Waals surface area (Å²) in [6.45, 7) is 6.47. The van der Waals surface area contributed by atoms with Gasteiger partial charge in [0.15, 0.2) is 5.78 Å². The third-order valence-corrected chi connectivity index (χ3v) is 5.12. The van der Waals surface area contributed by atoms with E-state index in [2.05, 4.69) is 20.3 Å². The second kappa shape index (κ2) is 9.77. The molecule has 2 rings (SSSR count). The van der Waals surface area contributed by atoms with E-state index >= 15 is 0 Å². The second-order valence-corrected chi connectivity index (χ2v) is 8.47. The van der Waals surface area contributed by atoms with Gasteiger partial charge in [-0.3, -0.25) is 14.7 Å². The first-order valence-electron chi connectivity index (χ1n) is 10.3. The van der Waals surface area contributed by atoms with Crippen LogP contribution in [0.25, 0.3) is 0 Å². The monoisotopic (exact) mass is 493 g/mol. The van der Waals surface area contributed by atoms with E-state index in [-0.39, 0.29) is 34.8 Å². The molecule has 0 radical (unpaired) electrons. The van der Waals surface area contributed by atoms with Crippen molar-refractivity contribution in [2.24, 2.45) is 11.8 Å². The average Bonchev–Trinajstić information content (AvgIpc) is 3.16. The van der Waals surface area contributed by atoms with Crippen LogP contribution in [-0.2, 0) is 16.8 Å². The van der Waals surface area contributed by atoms with Gasteiger partial charge >= 0.3 is 12.4 Å². The molecule has 188 valence electrons. The number of amides is 1. The van der Waals surface area contributed by atoms with Gasteiger partial charge in [0.25, 0.3) is 11.5 Å².